The Balaban J connectivity index is 2.32. The molecule has 7 heteroatoms. The van der Waals surface area contributed by atoms with Crippen molar-refractivity contribution in [1.29, 1.82) is 0 Å². The van der Waals surface area contributed by atoms with Crippen molar-refractivity contribution in [2.45, 2.75) is 6.61 Å². The lowest BCUT2D eigenvalue weighted by Crippen LogP contribution is -2.15. The van der Waals surface area contributed by atoms with Crippen molar-refractivity contribution in [2.24, 2.45) is 0 Å². The van der Waals surface area contributed by atoms with E-state index < -0.39 is 18.3 Å². The summed E-state index contributed by atoms with van der Waals surface area (Å²) in [6, 6.07) is 9.34. The van der Waals surface area contributed by atoms with Gasteiger partial charge in [-0.15, -0.1) is 0 Å². The van der Waals surface area contributed by atoms with Gasteiger partial charge < -0.3 is 14.8 Å². The number of methoxy groups -OCH3 is 1. The van der Waals surface area contributed by atoms with Crippen LogP contribution in [0, 0.1) is 5.82 Å². The Hall–Kier alpha value is -2.70. The van der Waals surface area contributed by atoms with Crippen LogP contribution < -0.4 is 14.8 Å². The van der Waals surface area contributed by atoms with Crippen molar-refractivity contribution >= 4 is 11.6 Å². The van der Waals surface area contributed by atoms with Crippen LogP contribution in [-0.2, 0) is 0 Å². The Bertz CT molecular complexity index is 677. The van der Waals surface area contributed by atoms with Crippen LogP contribution >= 0.6 is 0 Å². The normalized spacial score (nSPS) is 10.4. The summed E-state index contributed by atoms with van der Waals surface area (Å²) >= 11 is 0. The second-order valence-corrected chi connectivity index (χ2v) is 4.18. The summed E-state index contributed by atoms with van der Waals surface area (Å²) < 4.78 is 47.4. The maximum Gasteiger partial charge on any atom is 0.387 e. The maximum atomic E-state index is 13.1. The number of halogens is 3. The van der Waals surface area contributed by atoms with Crippen LogP contribution in [-0.4, -0.2) is 19.6 Å². The number of benzene rings is 2. The SMILES string of the molecule is COc1cccc(C(=O)Nc2cccc(F)c2)c1OC(F)F. The van der Waals surface area contributed by atoms with Gasteiger partial charge in [0.15, 0.2) is 11.5 Å². The molecule has 1 N–H and O–H groups in total. The molecule has 0 atom stereocenters. The van der Waals surface area contributed by atoms with Crippen LogP contribution in [0.2, 0.25) is 0 Å². The number of hydrogen-bond donors (Lipinski definition) is 1. The van der Waals surface area contributed by atoms with Crippen LogP contribution in [0.3, 0.4) is 0 Å². The van der Waals surface area contributed by atoms with Crippen molar-refractivity contribution < 1.29 is 27.4 Å². The molecule has 4 nitrogen and oxygen atoms in total. The quantitative estimate of drug-likeness (QED) is 0.916. The highest BCUT2D eigenvalue weighted by Crippen LogP contribution is 2.32. The molecule has 0 radical (unpaired) electrons. The summed E-state index contributed by atoms with van der Waals surface area (Å²) in [5.74, 6) is -1.64. The average Bonchev–Trinajstić information content (AvgIpc) is 2.46. The molecule has 0 aliphatic heterocycles. The Labute approximate surface area is 124 Å². The molecular formula is C15H12F3NO3. The van der Waals surface area contributed by atoms with E-state index in [1.807, 2.05) is 0 Å². The summed E-state index contributed by atoms with van der Waals surface area (Å²) in [7, 11) is 1.27. The molecule has 0 saturated heterocycles. The highest BCUT2D eigenvalue weighted by Gasteiger charge is 2.20. The van der Waals surface area contributed by atoms with Gasteiger partial charge in [0.1, 0.15) is 5.82 Å². The third-order valence-corrected chi connectivity index (χ3v) is 2.73. The van der Waals surface area contributed by atoms with Crippen molar-refractivity contribution in [1.82, 2.24) is 0 Å². The fourth-order valence-electron chi connectivity index (χ4n) is 1.83. The van der Waals surface area contributed by atoms with Crippen LogP contribution in [0.15, 0.2) is 42.5 Å². The van der Waals surface area contributed by atoms with E-state index in [2.05, 4.69) is 10.1 Å². The van der Waals surface area contributed by atoms with E-state index in [0.29, 0.717) is 0 Å². The third kappa shape index (κ3) is 3.69. The fraction of sp³-hybridized carbons (Fsp3) is 0.133. The number of ether oxygens (including phenoxy) is 2. The number of para-hydroxylation sites is 1. The van der Waals surface area contributed by atoms with Crippen molar-refractivity contribution in [3.8, 4) is 11.5 Å². The molecule has 0 aliphatic rings. The van der Waals surface area contributed by atoms with Gasteiger partial charge in [0.2, 0.25) is 0 Å². The first-order chi connectivity index (χ1) is 10.5. The van der Waals surface area contributed by atoms with Crippen LogP contribution in [0.5, 0.6) is 11.5 Å². The number of hydrogen-bond acceptors (Lipinski definition) is 3. The third-order valence-electron chi connectivity index (χ3n) is 2.73. The van der Waals surface area contributed by atoms with E-state index in [1.54, 1.807) is 0 Å². The van der Waals surface area contributed by atoms with E-state index in [-0.39, 0.29) is 22.7 Å². The number of carbonyl (C=O) groups is 1. The van der Waals surface area contributed by atoms with Gasteiger partial charge in [-0.2, -0.15) is 8.78 Å². The topological polar surface area (TPSA) is 47.6 Å². The van der Waals surface area contributed by atoms with E-state index in [0.717, 1.165) is 6.07 Å². The first-order valence-electron chi connectivity index (χ1n) is 6.20. The molecule has 0 spiro atoms. The first kappa shape index (κ1) is 15.7. The van der Waals surface area contributed by atoms with E-state index in [9.17, 15) is 18.0 Å². The Morgan fingerprint density at radius 2 is 1.91 bits per heavy atom. The predicted octanol–water partition coefficient (Wildman–Crippen LogP) is 3.69. The number of amides is 1. The number of alkyl halides is 2. The zero-order chi connectivity index (χ0) is 16.1. The lowest BCUT2D eigenvalue weighted by molar-refractivity contribution is -0.0515. The van der Waals surface area contributed by atoms with E-state index >= 15 is 0 Å². The second kappa shape index (κ2) is 6.84. The highest BCUT2D eigenvalue weighted by molar-refractivity contribution is 6.06. The second-order valence-electron chi connectivity index (χ2n) is 4.18. The predicted molar refractivity (Wildman–Crippen MR) is 74.0 cm³/mol. The van der Waals surface area contributed by atoms with Gasteiger partial charge >= 0.3 is 6.61 Å². The summed E-state index contributed by atoms with van der Waals surface area (Å²) in [5, 5.41) is 2.40. The highest BCUT2D eigenvalue weighted by atomic mass is 19.3. The van der Waals surface area contributed by atoms with Gasteiger partial charge in [0, 0.05) is 5.69 Å². The minimum absolute atomic E-state index is 0.00723. The molecule has 1 amide bonds. The molecule has 2 rings (SSSR count). The zero-order valence-corrected chi connectivity index (χ0v) is 11.5. The molecule has 0 unspecified atom stereocenters. The van der Waals surface area contributed by atoms with Gasteiger partial charge in [0.25, 0.3) is 5.91 Å². The summed E-state index contributed by atoms with van der Waals surface area (Å²) in [4.78, 5) is 12.2. The Morgan fingerprint density at radius 1 is 1.18 bits per heavy atom. The zero-order valence-electron chi connectivity index (χ0n) is 11.5. The lowest BCUT2D eigenvalue weighted by atomic mass is 10.1. The summed E-state index contributed by atoms with van der Waals surface area (Å²) in [6.45, 7) is -3.11. The Morgan fingerprint density at radius 3 is 2.55 bits per heavy atom. The van der Waals surface area contributed by atoms with Gasteiger partial charge in [-0.05, 0) is 30.3 Å². The minimum Gasteiger partial charge on any atom is -0.493 e. The molecule has 0 heterocycles. The number of anilines is 1. The number of rotatable bonds is 5. The first-order valence-corrected chi connectivity index (χ1v) is 6.20. The van der Waals surface area contributed by atoms with Gasteiger partial charge in [-0.3, -0.25) is 4.79 Å². The molecule has 0 bridgehead atoms. The molecular weight excluding hydrogens is 299 g/mol. The van der Waals surface area contributed by atoms with E-state index in [1.165, 1.54) is 43.5 Å². The standard InChI is InChI=1S/C15H12F3NO3/c1-21-12-7-3-6-11(13(12)22-15(17)18)14(20)19-10-5-2-4-9(16)8-10/h2-8,15H,1H3,(H,19,20). The van der Waals surface area contributed by atoms with Crippen LogP contribution in [0.1, 0.15) is 10.4 Å². The minimum atomic E-state index is -3.11. The molecule has 0 saturated carbocycles. The van der Waals surface area contributed by atoms with Crippen molar-refractivity contribution in [2.75, 3.05) is 12.4 Å². The molecule has 22 heavy (non-hydrogen) atoms. The summed E-state index contributed by atoms with van der Waals surface area (Å²) in [5.41, 5.74) is 0.0414. The fourth-order valence-corrected chi connectivity index (χ4v) is 1.83. The molecule has 0 aromatic heterocycles. The lowest BCUT2D eigenvalue weighted by Gasteiger charge is -2.14. The summed E-state index contributed by atoms with van der Waals surface area (Å²) in [6.07, 6.45) is 0. The van der Waals surface area contributed by atoms with Crippen molar-refractivity contribution in [3.05, 3.63) is 53.8 Å². The molecule has 0 aliphatic carbocycles. The number of nitrogens with one attached hydrogen (secondary N) is 1. The smallest absolute Gasteiger partial charge is 0.387 e. The van der Waals surface area contributed by atoms with Crippen LogP contribution in [0.25, 0.3) is 0 Å². The maximum absolute atomic E-state index is 13.1. The molecule has 2 aromatic carbocycles. The van der Waals surface area contributed by atoms with Crippen LogP contribution in [0.4, 0.5) is 18.9 Å². The van der Waals surface area contributed by atoms with Gasteiger partial charge in [-0.25, -0.2) is 4.39 Å². The Kier molecular flexibility index (Phi) is 4.88. The van der Waals surface area contributed by atoms with Crippen molar-refractivity contribution in [3.63, 3.8) is 0 Å². The largest absolute Gasteiger partial charge is 0.493 e. The van der Waals surface area contributed by atoms with Gasteiger partial charge in [0.05, 0.1) is 12.7 Å². The molecule has 2 aromatic rings. The molecule has 116 valence electrons. The average molecular weight is 311 g/mol. The van der Waals surface area contributed by atoms with Gasteiger partial charge in [-0.1, -0.05) is 12.1 Å². The molecule has 0 fully saturated rings. The monoisotopic (exact) mass is 311 g/mol. The number of carbonyl (C=O) groups excluding carboxylic acids is 1. The van der Waals surface area contributed by atoms with E-state index in [4.69, 9.17) is 4.74 Å².